The first kappa shape index (κ1) is 16.3. The molecule has 24 heavy (non-hydrogen) atoms. The Bertz CT molecular complexity index is 805. The van der Waals surface area contributed by atoms with E-state index in [2.05, 4.69) is 10.2 Å². The Morgan fingerprint density at radius 2 is 1.67 bits per heavy atom. The molecule has 1 atom stereocenters. The first-order chi connectivity index (χ1) is 11.6. The van der Waals surface area contributed by atoms with E-state index < -0.39 is 0 Å². The Hall–Kier alpha value is -2.60. The van der Waals surface area contributed by atoms with Gasteiger partial charge in [0.15, 0.2) is 0 Å². The molecule has 0 radical (unpaired) electrons. The van der Waals surface area contributed by atoms with Gasteiger partial charge in [-0.05, 0) is 31.2 Å². The van der Waals surface area contributed by atoms with Crippen LogP contribution in [0.5, 0.6) is 0 Å². The number of amides is 1. The molecule has 6 heteroatoms. The molecular weight excluding hydrogens is 322 g/mol. The van der Waals surface area contributed by atoms with Gasteiger partial charge in [-0.2, -0.15) is 0 Å². The molecule has 1 heterocycles. The van der Waals surface area contributed by atoms with Crippen molar-refractivity contribution in [1.29, 1.82) is 0 Å². The molecule has 0 N–H and O–H groups in total. The number of carbonyl (C=O) groups excluding carboxylic acids is 1. The molecule has 122 valence electrons. The normalized spacial score (nSPS) is 11.9. The predicted octanol–water partition coefficient (Wildman–Crippen LogP) is 3.88. The van der Waals surface area contributed by atoms with Crippen LogP contribution in [0, 0.1) is 0 Å². The van der Waals surface area contributed by atoms with Gasteiger partial charge in [0, 0.05) is 18.3 Å². The van der Waals surface area contributed by atoms with Crippen molar-refractivity contribution in [2.45, 2.75) is 17.4 Å². The van der Waals surface area contributed by atoms with Crippen molar-refractivity contribution in [2.75, 3.05) is 11.9 Å². The van der Waals surface area contributed by atoms with Crippen LogP contribution in [0.3, 0.4) is 0 Å². The molecule has 0 aliphatic carbocycles. The average Bonchev–Trinajstić information content (AvgIpc) is 3.10. The van der Waals surface area contributed by atoms with Crippen LogP contribution in [0.25, 0.3) is 11.5 Å². The third-order valence-electron chi connectivity index (χ3n) is 3.53. The Morgan fingerprint density at radius 1 is 1.04 bits per heavy atom. The number of para-hydroxylation sites is 1. The first-order valence-electron chi connectivity index (χ1n) is 7.53. The summed E-state index contributed by atoms with van der Waals surface area (Å²) in [4.78, 5) is 14.2. The minimum absolute atomic E-state index is 0.0225. The molecule has 0 spiro atoms. The number of nitrogens with zero attached hydrogens (tertiary/aromatic N) is 3. The summed E-state index contributed by atoms with van der Waals surface area (Å²) in [6.45, 7) is 1.83. The molecule has 0 aliphatic rings. The van der Waals surface area contributed by atoms with E-state index in [0.29, 0.717) is 11.1 Å². The zero-order valence-electron chi connectivity index (χ0n) is 13.4. The monoisotopic (exact) mass is 339 g/mol. The summed E-state index contributed by atoms with van der Waals surface area (Å²) in [5, 5.41) is 8.11. The van der Waals surface area contributed by atoms with Gasteiger partial charge in [0.05, 0.1) is 5.25 Å². The second kappa shape index (κ2) is 7.31. The molecule has 0 saturated carbocycles. The number of hydrogen-bond donors (Lipinski definition) is 0. The van der Waals surface area contributed by atoms with Crippen molar-refractivity contribution < 1.29 is 9.21 Å². The number of hydrogen-bond acceptors (Lipinski definition) is 5. The molecule has 3 rings (SSSR count). The van der Waals surface area contributed by atoms with E-state index in [4.69, 9.17) is 4.42 Å². The summed E-state index contributed by atoms with van der Waals surface area (Å²) in [5.74, 6) is 0.430. The molecule has 1 amide bonds. The van der Waals surface area contributed by atoms with Gasteiger partial charge in [-0.15, -0.1) is 10.2 Å². The smallest absolute Gasteiger partial charge is 0.277 e. The van der Waals surface area contributed by atoms with Crippen LogP contribution in [0.4, 0.5) is 5.69 Å². The summed E-state index contributed by atoms with van der Waals surface area (Å²) < 4.78 is 5.65. The predicted molar refractivity (Wildman–Crippen MR) is 94.9 cm³/mol. The van der Waals surface area contributed by atoms with E-state index in [1.165, 1.54) is 11.8 Å². The highest BCUT2D eigenvalue weighted by atomic mass is 32.2. The van der Waals surface area contributed by atoms with Gasteiger partial charge in [0.1, 0.15) is 0 Å². The second-order valence-corrected chi connectivity index (χ2v) is 6.52. The zero-order valence-corrected chi connectivity index (χ0v) is 14.2. The fourth-order valence-corrected chi connectivity index (χ4v) is 2.98. The van der Waals surface area contributed by atoms with Crippen LogP contribution < -0.4 is 4.90 Å². The Kier molecular flexibility index (Phi) is 4.96. The van der Waals surface area contributed by atoms with Gasteiger partial charge in [-0.3, -0.25) is 4.79 Å². The lowest BCUT2D eigenvalue weighted by Crippen LogP contribution is -2.33. The van der Waals surface area contributed by atoms with Gasteiger partial charge in [-0.25, -0.2) is 0 Å². The lowest BCUT2D eigenvalue weighted by atomic mass is 10.2. The van der Waals surface area contributed by atoms with Gasteiger partial charge < -0.3 is 9.32 Å². The molecule has 1 aromatic heterocycles. The molecule has 5 nitrogen and oxygen atoms in total. The Balaban J connectivity index is 1.68. The molecule has 1 unspecified atom stereocenters. The van der Waals surface area contributed by atoms with E-state index in [1.807, 2.05) is 67.6 Å². The third-order valence-corrected chi connectivity index (χ3v) is 4.45. The van der Waals surface area contributed by atoms with Gasteiger partial charge >= 0.3 is 0 Å². The highest BCUT2D eigenvalue weighted by molar-refractivity contribution is 8.00. The fraction of sp³-hybridized carbons (Fsp3) is 0.167. The summed E-state index contributed by atoms with van der Waals surface area (Å²) in [6, 6.07) is 19.1. The SMILES string of the molecule is CC(Sc1nnc(-c2ccccc2)o1)C(=O)N(C)c1ccccc1. The number of anilines is 1. The van der Waals surface area contributed by atoms with E-state index in [9.17, 15) is 4.79 Å². The number of aromatic nitrogens is 2. The Morgan fingerprint density at radius 3 is 2.33 bits per heavy atom. The van der Waals surface area contributed by atoms with E-state index >= 15 is 0 Å². The molecule has 0 aliphatic heterocycles. The number of rotatable bonds is 5. The van der Waals surface area contributed by atoms with E-state index in [-0.39, 0.29) is 11.2 Å². The molecule has 0 bridgehead atoms. The van der Waals surface area contributed by atoms with Gasteiger partial charge in [0.25, 0.3) is 5.22 Å². The topological polar surface area (TPSA) is 59.2 Å². The molecule has 0 saturated heterocycles. The van der Waals surface area contributed by atoms with Crippen molar-refractivity contribution in [3.8, 4) is 11.5 Å². The lowest BCUT2D eigenvalue weighted by molar-refractivity contribution is -0.117. The Labute approximate surface area is 144 Å². The number of thioether (sulfide) groups is 1. The second-order valence-electron chi connectivity index (χ2n) is 5.23. The average molecular weight is 339 g/mol. The third kappa shape index (κ3) is 3.65. The van der Waals surface area contributed by atoms with Crippen molar-refractivity contribution in [2.24, 2.45) is 0 Å². The zero-order chi connectivity index (χ0) is 16.9. The van der Waals surface area contributed by atoms with Crippen LogP contribution >= 0.6 is 11.8 Å². The largest absolute Gasteiger partial charge is 0.411 e. The molecular formula is C18H17N3O2S. The lowest BCUT2D eigenvalue weighted by Gasteiger charge is -2.20. The van der Waals surface area contributed by atoms with Crippen LogP contribution in [0.2, 0.25) is 0 Å². The maximum absolute atomic E-state index is 12.5. The number of carbonyl (C=O) groups is 1. The van der Waals surface area contributed by atoms with Gasteiger partial charge in [-0.1, -0.05) is 48.2 Å². The summed E-state index contributed by atoms with van der Waals surface area (Å²) in [7, 11) is 1.76. The van der Waals surface area contributed by atoms with Crippen molar-refractivity contribution in [3.63, 3.8) is 0 Å². The van der Waals surface area contributed by atoms with E-state index in [1.54, 1.807) is 11.9 Å². The maximum Gasteiger partial charge on any atom is 0.277 e. The standard InChI is InChI=1S/C18H17N3O2S/c1-13(17(22)21(2)15-11-7-4-8-12-15)24-18-20-19-16(23-18)14-9-5-3-6-10-14/h3-13H,1-2H3. The highest BCUT2D eigenvalue weighted by Crippen LogP contribution is 2.27. The van der Waals surface area contributed by atoms with Crippen molar-refractivity contribution >= 4 is 23.4 Å². The first-order valence-corrected chi connectivity index (χ1v) is 8.41. The van der Waals surface area contributed by atoms with Crippen LogP contribution in [-0.2, 0) is 4.79 Å². The summed E-state index contributed by atoms with van der Waals surface area (Å²) >= 11 is 1.26. The van der Waals surface area contributed by atoms with E-state index in [0.717, 1.165) is 11.3 Å². The van der Waals surface area contributed by atoms with Crippen LogP contribution in [0.15, 0.2) is 70.3 Å². The molecule has 3 aromatic rings. The molecule has 0 fully saturated rings. The fourth-order valence-electron chi connectivity index (χ4n) is 2.21. The maximum atomic E-state index is 12.5. The minimum Gasteiger partial charge on any atom is -0.411 e. The highest BCUT2D eigenvalue weighted by Gasteiger charge is 2.22. The van der Waals surface area contributed by atoms with Crippen LogP contribution in [0.1, 0.15) is 6.92 Å². The quantitative estimate of drug-likeness (QED) is 0.660. The summed E-state index contributed by atoms with van der Waals surface area (Å²) in [5.41, 5.74) is 1.71. The van der Waals surface area contributed by atoms with Crippen molar-refractivity contribution in [1.82, 2.24) is 10.2 Å². The van der Waals surface area contributed by atoms with Gasteiger partial charge in [0.2, 0.25) is 11.8 Å². The minimum atomic E-state index is -0.334. The summed E-state index contributed by atoms with van der Waals surface area (Å²) in [6.07, 6.45) is 0. The number of benzene rings is 2. The molecule has 2 aromatic carbocycles. The van der Waals surface area contributed by atoms with Crippen LogP contribution in [-0.4, -0.2) is 28.4 Å². The van der Waals surface area contributed by atoms with Crippen molar-refractivity contribution in [3.05, 3.63) is 60.7 Å².